The van der Waals surface area contributed by atoms with E-state index in [1.807, 2.05) is 6.08 Å². The highest BCUT2D eigenvalue weighted by Crippen LogP contribution is 2.05. The molecule has 1 rings (SSSR count). The summed E-state index contributed by atoms with van der Waals surface area (Å²) in [6.45, 7) is 2.24. The predicted octanol–water partition coefficient (Wildman–Crippen LogP) is 2.48. The molecule has 0 unspecified atom stereocenters. The van der Waals surface area contributed by atoms with Crippen molar-refractivity contribution in [2.24, 2.45) is 0 Å². The summed E-state index contributed by atoms with van der Waals surface area (Å²) >= 11 is 0. The molecule has 0 saturated heterocycles. The highest BCUT2D eigenvalue weighted by molar-refractivity contribution is 5.21. The van der Waals surface area contributed by atoms with Crippen LogP contribution in [0.3, 0.4) is 0 Å². The van der Waals surface area contributed by atoms with Crippen LogP contribution in [0, 0.1) is 6.92 Å². The van der Waals surface area contributed by atoms with E-state index in [4.69, 9.17) is 5.11 Å². The van der Waals surface area contributed by atoms with Gasteiger partial charge >= 0.3 is 0 Å². The first-order valence-corrected chi connectivity index (χ1v) is 4.64. The van der Waals surface area contributed by atoms with Gasteiger partial charge < -0.3 is 5.11 Å². The molecule has 0 spiro atoms. The highest BCUT2D eigenvalue weighted by atomic mass is 16.2. The summed E-state index contributed by atoms with van der Waals surface area (Å²) < 4.78 is 0. The van der Waals surface area contributed by atoms with Gasteiger partial charge in [0.15, 0.2) is 0 Å². The predicted molar refractivity (Wildman–Crippen MR) is 55.7 cm³/mol. The Hall–Kier alpha value is -1.08. The molecule has 0 aliphatic rings. The fourth-order valence-electron chi connectivity index (χ4n) is 1.20. The van der Waals surface area contributed by atoms with Crippen LogP contribution in [-0.2, 0) is 6.42 Å². The first kappa shape index (κ1) is 10.0. The molecule has 0 bridgehead atoms. The number of allylic oxidation sites excluding steroid dienone is 1. The van der Waals surface area contributed by atoms with E-state index in [1.165, 1.54) is 11.1 Å². The maximum absolute atomic E-state index is 8.51. The number of aryl methyl sites for hydroxylation is 2. The minimum Gasteiger partial charge on any atom is -0.392 e. The molecule has 0 aliphatic heterocycles. The van der Waals surface area contributed by atoms with Crippen molar-refractivity contribution >= 4 is 0 Å². The minimum absolute atomic E-state index is 0.147. The topological polar surface area (TPSA) is 20.2 Å². The highest BCUT2D eigenvalue weighted by Gasteiger charge is 1.89. The second-order valence-corrected chi connectivity index (χ2v) is 3.18. The van der Waals surface area contributed by atoms with E-state index in [-0.39, 0.29) is 6.61 Å². The van der Waals surface area contributed by atoms with Gasteiger partial charge in [0.05, 0.1) is 6.61 Å². The lowest BCUT2D eigenvalue weighted by molar-refractivity contribution is 0.342. The second kappa shape index (κ2) is 5.55. The van der Waals surface area contributed by atoms with E-state index in [1.54, 1.807) is 6.08 Å². The van der Waals surface area contributed by atoms with Gasteiger partial charge in [0, 0.05) is 0 Å². The molecule has 0 fully saturated rings. The van der Waals surface area contributed by atoms with E-state index in [2.05, 4.69) is 31.2 Å². The van der Waals surface area contributed by atoms with E-state index in [0.717, 1.165) is 12.8 Å². The zero-order chi connectivity index (χ0) is 9.52. The average Bonchev–Trinajstić information content (AvgIpc) is 2.15. The molecule has 1 N–H and O–H groups in total. The summed E-state index contributed by atoms with van der Waals surface area (Å²) in [5, 5.41) is 8.51. The number of hydrogen-bond acceptors (Lipinski definition) is 1. The molecular weight excluding hydrogens is 160 g/mol. The van der Waals surface area contributed by atoms with Crippen LogP contribution < -0.4 is 0 Å². The lowest BCUT2D eigenvalue weighted by atomic mass is 10.1. The Kier molecular flexibility index (Phi) is 4.27. The molecule has 0 saturated carbocycles. The fourth-order valence-corrected chi connectivity index (χ4v) is 1.20. The van der Waals surface area contributed by atoms with Gasteiger partial charge in [-0.25, -0.2) is 0 Å². The van der Waals surface area contributed by atoms with E-state index >= 15 is 0 Å². The van der Waals surface area contributed by atoms with E-state index in [9.17, 15) is 0 Å². The number of benzene rings is 1. The molecule has 13 heavy (non-hydrogen) atoms. The molecule has 70 valence electrons. The van der Waals surface area contributed by atoms with Gasteiger partial charge in [-0.1, -0.05) is 42.0 Å². The van der Waals surface area contributed by atoms with Crippen molar-refractivity contribution in [2.45, 2.75) is 19.8 Å². The van der Waals surface area contributed by atoms with Gasteiger partial charge in [-0.15, -0.1) is 0 Å². The average molecular weight is 176 g/mol. The molecule has 1 heteroatoms. The Morgan fingerprint density at radius 3 is 2.46 bits per heavy atom. The van der Waals surface area contributed by atoms with E-state index in [0.29, 0.717) is 0 Å². The number of rotatable bonds is 4. The van der Waals surface area contributed by atoms with Crippen molar-refractivity contribution in [3.8, 4) is 0 Å². The molecule has 0 aromatic heterocycles. The lowest BCUT2D eigenvalue weighted by Gasteiger charge is -1.98. The Balaban J connectivity index is 2.37. The lowest BCUT2D eigenvalue weighted by Crippen LogP contribution is -1.83. The zero-order valence-electron chi connectivity index (χ0n) is 8.03. The third kappa shape index (κ3) is 3.90. The third-order valence-electron chi connectivity index (χ3n) is 1.99. The maximum Gasteiger partial charge on any atom is 0.0612 e. The largest absolute Gasteiger partial charge is 0.392 e. The van der Waals surface area contributed by atoms with Crippen LogP contribution in [0.2, 0.25) is 0 Å². The Morgan fingerprint density at radius 1 is 1.15 bits per heavy atom. The molecular formula is C12H16O. The molecule has 0 amide bonds. The molecule has 0 aliphatic carbocycles. The smallest absolute Gasteiger partial charge is 0.0612 e. The summed E-state index contributed by atoms with van der Waals surface area (Å²) in [6, 6.07) is 8.57. The fraction of sp³-hybridized carbons (Fsp3) is 0.333. The van der Waals surface area contributed by atoms with Crippen LogP contribution in [0.1, 0.15) is 17.5 Å². The zero-order valence-corrected chi connectivity index (χ0v) is 8.03. The monoisotopic (exact) mass is 176 g/mol. The van der Waals surface area contributed by atoms with Crippen LogP contribution >= 0.6 is 0 Å². The number of hydrogen-bond donors (Lipinski definition) is 1. The Labute approximate surface area is 79.7 Å². The molecule has 0 radical (unpaired) electrons. The van der Waals surface area contributed by atoms with Crippen molar-refractivity contribution in [2.75, 3.05) is 6.61 Å². The SMILES string of the molecule is Cc1ccc(CC/C=C/CO)cc1. The first-order valence-electron chi connectivity index (χ1n) is 4.64. The molecule has 1 nitrogen and oxygen atoms in total. The number of aliphatic hydroxyl groups excluding tert-OH is 1. The van der Waals surface area contributed by atoms with Crippen molar-refractivity contribution in [3.63, 3.8) is 0 Å². The summed E-state index contributed by atoms with van der Waals surface area (Å²) in [5.74, 6) is 0. The first-order chi connectivity index (χ1) is 6.33. The molecule has 0 atom stereocenters. The van der Waals surface area contributed by atoms with Gasteiger partial charge in [0.1, 0.15) is 0 Å². The summed E-state index contributed by atoms with van der Waals surface area (Å²) in [6.07, 6.45) is 5.86. The van der Waals surface area contributed by atoms with E-state index < -0.39 is 0 Å². The van der Waals surface area contributed by atoms with Gasteiger partial charge in [0.2, 0.25) is 0 Å². The van der Waals surface area contributed by atoms with Gasteiger partial charge in [0.25, 0.3) is 0 Å². The molecule has 1 aromatic rings. The van der Waals surface area contributed by atoms with Gasteiger partial charge in [-0.3, -0.25) is 0 Å². The second-order valence-electron chi connectivity index (χ2n) is 3.18. The van der Waals surface area contributed by atoms with Crippen molar-refractivity contribution < 1.29 is 5.11 Å². The standard InChI is InChI=1S/C12H16O/c1-11-6-8-12(9-7-11)5-3-2-4-10-13/h2,4,6-9,13H,3,5,10H2,1H3/b4-2+. The minimum atomic E-state index is 0.147. The third-order valence-corrected chi connectivity index (χ3v) is 1.99. The van der Waals surface area contributed by atoms with Crippen LogP contribution in [0.5, 0.6) is 0 Å². The Morgan fingerprint density at radius 2 is 1.85 bits per heavy atom. The van der Waals surface area contributed by atoms with Crippen molar-refractivity contribution in [1.29, 1.82) is 0 Å². The Bertz CT molecular complexity index is 259. The normalized spacial score (nSPS) is 10.9. The van der Waals surface area contributed by atoms with Crippen LogP contribution in [0.25, 0.3) is 0 Å². The quantitative estimate of drug-likeness (QED) is 0.699. The van der Waals surface area contributed by atoms with Gasteiger partial charge in [-0.2, -0.15) is 0 Å². The van der Waals surface area contributed by atoms with Gasteiger partial charge in [-0.05, 0) is 25.3 Å². The summed E-state index contributed by atoms with van der Waals surface area (Å²) in [4.78, 5) is 0. The van der Waals surface area contributed by atoms with Crippen LogP contribution in [-0.4, -0.2) is 11.7 Å². The molecule has 0 heterocycles. The maximum atomic E-state index is 8.51. The van der Waals surface area contributed by atoms with Crippen LogP contribution in [0.15, 0.2) is 36.4 Å². The van der Waals surface area contributed by atoms with Crippen molar-refractivity contribution in [3.05, 3.63) is 47.5 Å². The molecule has 1 aromatic carbocycles. The summed E-state index contributed by atoms with van der Waals surface area (Å²) in [5.41, 5.74) is 2.66. The van der Waals surface area contributed by atoms with Crippen molar-refractivity contribution in [1.82, 2.24) is 0 Å². The number of aliphatic hydroxyl groups is 1. The van der Waals surface area contributed by atoms with Crippen LogP contribution in [0.4, 0.5) is 0 Å². The summed E-state index contributed by atoms with van der Waals surface area (Å²) in [7, 11) is 0.